The summed E-state index contributed by atoms with van der Waals surface area (Å²) in [5, 5.41) is 9.54. The van der Waals surface area contributed by atoms with Crippen molar-refractivity contribution in [1.82, 2.24) is 15.0 Å². The normalized spacial score (nSPS) is 15.2. The van der Waals surface area contributed by atoms with Crippen LogP contribution in [0.5, 0.6) is 0 Å². The summed E-state index contributed by atoms with van der Waals surface area (Å²) >= 11 is 1.23. The van der Waals surface area contributed by atoms with E-state index in [1.54, 1.807) is 18.5 Å². The topological polar surface area (TPSA) is 95.0 Å². The molecular weight excluding hydrogens is 274 g/mol. The molecule has 3 heterocycles. The minimum atomic E-state index is 0.436. The quantitative estimate of drug-likeness (QED) is 0.869. The highest BCUT2D eigenvalue weighted by atomic mass is 32.1. The third-order valence-electron chi connectivity index (χ3n) is 3.14. The number of rotatable bonds is 2. The first-order chi connectivity index (χ1) is 9.78. The van der Waals surface area contributed by atoms with Gasteiger partial charge in [-0.25, -0.2) is 15.0 Å². The highest BCUT2D eigenvalue weighted by Crippen LogP contribution is 2.28. The van der Waals surface area contributed by atoms with Crippen LogP contribution in [0.15, 0.2) is 18.5 Å². The molecule has 0 radical (unpaired) electrons. The Kier molecular flexibility index (Phi) is 3.35. The lowest BCUT2D eigenvalue weighted by atomic mass is 10.3. The van der Waals surface area contributed by atoms with E-state index in [1.165, 1.54) is 11.3 Å². The van der Waals surface area contributed by atoms with Gasteiger partial charge in [-0.2, -0.15) is 5.26 Å². The van der Waals surface area contributed by atoms with Gasteiger partial charge in [0.15, 0.2) is 15.8 Å². The predicted octanol–water partition coefficient (Wildman–Crippen LogP) is 0.714. The Balaban J connectivity index is 1.71. The van der Waals surface area contributed by atoms with E-state index < -0.39 is 0 Å². The molecule has 102 valence electrons. The van der Waals surface area contributed by atoms with Crippen molar-refractivity contribution in [3.63, 3.8) is 0 Å². The molecule has 0 atom stereocenters. The van der Waals surface area contributed by atoms with Gasteiger partial charge in [-0.05, 0) is 6.07 Å². The maximum atomic E-state index is 9.10. The summed E-state index contributed by atoms with van der Waals surface area (Å²) in [6, 6.07) is 3.96. The van der Waals surface area contributed by atoms with Gasteiger partial charge in [-0.15, -0.1) is 0 Å². The molecule has 8 heteroatoms. The van der Waals surface area contributed by atoms with Crippen molar-refractivity contribution in [3.05, 3.63) is 23.3 Å². The molecule has 1 aliphatic rings. The molecule has 0 bridgehead atoms. The van der Waals surface area contributed by atoms with Crippen LogP contribution in [0.25, 0.3) is 0 Å². The summed E-state index contributed by atoms with van der Waals surface area (Å²) in [4.78, 5) is 17.5. The predicted molar refractivity (Wildman–Crippen MR) is 77.7 cm³/mol. The summed E-state index contributed by atoms with van der Waals surface area (Å²) in [6.45, 7) is 3.14. The van der Waals surface area contributed by atoms with Crippen molar-refractivity contribution in [1.29, 1.82) is 5.26 Å². The van der Waals surface area contributed by atoms with Gasteiger partial charge in [0, 0.05) is 38.6 Å². The molecule has 1 fully saturated rings. The molecule has 0 saturated carbocycles. The number of piperazine rings is 1. The minimum Gasteiger partial charge on any atom is -0.375 e. The van der Waals surface area contributed by atoms with E-state index in [0.717, 1.165) is 32.1 Å². The van der Waals surface area contributed by atoms with Crippen molar-refractivity contribution < 1.29 is 0 Å². The van der Waals surface area contributed by atoms with Crippen molar-refractivity contribution >= 4 is 28.2 Å². The Morgan fingerprint density at radius 1 is 1.15 bits per heavy atom. The number of anilines is 3. The summed E-state index contributed by atoms with van der Waals surface area (Å²) < 4.78 is 0. The smallest absolute Gasteiger partial charge is 0.225 e. The van der Waals surface area contributed by atoms with Gasteiger partial charge in [0.1, 0.15) is 6.07 Å². The molecule has 3 rings (SSSR count). The number of nitrogen functional groups attached to an aromatic ring is 1. The summed E-state index contributed by atoms with van der Waals surface area (Å²) in [5.41, 5.74) is 5.68. The van der Waals surface area contributed by atoms with Gasteiger partial charge in [-0.3, -0.25) is 0 Å². The van der Waals surface area contributed by atoms with Gasteiger partial charge in [0.05, 0.1) is 0 Å². The molecule has 0 unspecified atom stereocenters. The molecule has 0 aromatic carbocycles. The molecule has 1 aliphatic heterocycles. The first-order valence-corrected chi connectivity index (χ1v) is 7.03. The molecule has 20 heavy (non-hydrogen) atoms. The molecule has 1 saturated heterocycles. The Labute approximate surface area is 120 Å². The van der Waals surface area contributed by atoms with Crippen LogP contribution in [-0.4, -0.2) is 41.1 Å². The van der Waals surface area contributed by atoms with Crippen LogP contribution in [0.2, 0.25) is 0 Å². The van der Waals surface area contributed by atoms with Crippen LogP contribution in [0.3, 0.4) is 0 Å². The van der Waals surface area contributed by atoms with Crippen LogP contribution >= 0.6 is 11.3 Å². The number of nitriles is 1. The molecule has 2 aromatic rings. The summed E-state index contributed by atoms with van der Waals surface area (Å²) in [6.07, 6.45) is 3.48. The van der Waals surface area contributed by atoms with Crippen LogP contribution in [0, 0.1) is 11.3 Å². The molecule has 2 aromatic heterocycles. The summed E-state index contributed by atoms with van der Waals surface area (Å²) in [7, 11) is 0. The summed E-state index contributed by atoms with van der Waals surface area (Å²) in [5.74, 6) is 1.44. The Bertz CT molecular complexity index is 625. The lowest BCUT2D eigenvalue weighted by Gasteiger charge is -2.34. The van der Waals surface area contributed by atoms with Crippen LogP contribution < -0.4 is 15.5 Å². The molecule has 2 N–H and O–H groups in total. The second-order valence-corrected chi connectivity index (χ2v) is 5.37. The van der Waals surface area contributed by atoms with E-state index in [1.807, 2.05) is 0 Å². The lowest BCUT2D eigenvalue weighted by Crippen LogP contribution is -2.47. The Morgan fingerprint density at radius 2 is 1.80 bits per heavy atom. The van der Waals surface area contributed by atoms with Crippen molar-refractivity contribution in [2.75, 3.05) is 41.7 Å². The second-order valence-electron chi connectivity index (χ2n) is 4.34. The Hall–Kier alpha value is -2.40. The molecular formula is C12H13N7S. The molecule has 0 amide bonds. The highest BCUT2D eigenvalue weighted by Gasteiger charge is 2.23. The monoisotopic (exact) mass is 287 g/mol. The number of aromatic nitrogens is 3. The molecule has 0 spiro atoms. The lowest BCUT2D eigenvalue weighted by molar-refractivity contribution is 0.635. The van der Waals surface area contributed by atoms with E-state index in [-0.39, 0.29) is 0 Å². The van der Waals surface area contributed by atoms with E-state index >= 15 is 0 Å². The third kappa shape index (κ3) is 2.35. The van der Waals surface area contributed by atoms with E-state index in [0.29, 0.717) is 15.8 Å². The van der Waals surface area contributed by atoms with Crippen molar-refractivity contribution in [3.8, 4) is 6.07 Å². The number of hydrogen-bond donors (Lipinski definition) is 1. The number of nitrogens with zero attached hydrogens (tertiary/aromatic N) is 6. The van der Waals surface area contributed by atoms with E-state index in [9.17, 15) is 0 Å². The average Bonchev–Trinajstić information content (AvgIpc) is 2.89. The van der Waals surface area contributed by atoms with Gasteiger partial charge in [0.25, 0.3) is 0 Å². The van der Waals surface area contributed by atoms with Crippen molar-refractivity contribution in [2.24, 2.45) is 0 Å². The Morgan fingerprint density at radius 3 is 2.45 bits per heavy atom. The zero-order chi connectivity index (χ0) is 13.9. The second kappa shape index (κ2) is 5.30. The SMILES string of the molecule is N#Cc1sc(N)nc1N1CCN(c2ncccn2)CC1. The third-order valence-corrected chi connectivity index (χ3v) is 3.92. The fraction of sp³-hybridized carbons (Fsp3) is 0.333. The average molecular weight is 287 g/mol. The van der Waals surface area contributed by atoms with Gasteiger partial charge >= 0.3 is 0 Å². The fourth-order valence-electron chi connectivity index (χ4n) is 2.19. The van der Waals surface area contributed by atoms with E-state index in [2.05, 4.69) is 30.8 Å². The number of hydrogen-bond acceptors (Lipinski definition) is 8. The van der Waals surface area contributed by atoms with Gasteiger partial charge in [-0.1, -0.05) is 11.3 Å². The van der Waals surface area contributed by atoms with Crippen molar-refractivity contribution in [2.45, 2.75) is 0 Å². The molecule has 0 aliphatic carbocycles. The zero-order valence-corrected chi connectivity index (χ0v) is 11.5. The zero-order valence-electron chi connectivity index (χ0n) is 10.7. The van der Waals surface area contributed by atoms with Crippen LogP contribution in [0.1, 0.15) is 4.88 Å². The first-order valence-electron chi connectivity index (χ1n) is 6.21. The van der Waals surface area contributed by atoms with Gasteiger partial charge in [0.2, 0.25) is 5.95 Å². The maximum absolute atomic E-state index is 9.10. The largest absolute Gasteiger partial charge is 0.375 e. The fourth-order valence-corrected chi connectivity index (χ4v) is 2.84. The number of nitrogens with two attached hydrogens (primary N) is 1. The van der Waals surface area contributed by atoms with Crippen LogP contribution in [0.4, 0.5) is 16.9 Å². The maximum Gasteiger partial charge on any atom is 0.225 e. The standard InChI is InChI=1S/C12H13N7S/c13-8-9-10(17-11(14)20-9)18-4-6-19(7-5-18)12-15-2-1-3-16-12/h1-3H,4-7H2,(H2,14,17). The first kappa shape index (κ1) is 12.6. The van der Waals surface area contributed by atoms with Crippen LogP contribution in [-0.2, 0) is 0 Å². The number of thiazole rings is 1. The van der Waals surface area contributed by atoms with Gasteiger partial charge < -0.3 is 15.5 Å². The molecule has 7 nitrogen and oxygen atoms in total. The van der Waals surface area contributed by atoms with E-state index in [4.69, 9.17) is 11.0 Å². The highest BCUT2D eigenvalue weighted by molar-refractivity contribution is 7.16. The minimum absolute atomic E-state index is 0.436.